The zero-order valence-corrected chi connectivity index (χ0v) is 12.4. The molecule has 0 saturated heterocycles. The van der Waals surface area contributed by atoms with Crippen molar-refractivity contribution >= 4 is 23.7 Å². The van der Waals surface area contributed by atoms with Crippen molar-refractivity contribution in [3.05, 3.63) is 48.8 Å². The second-order valence-electron chi connectivity index (χ2n) is 4.68. The molecule has 0 saturated carbocycles. The minimum Gasteiger partial charge on any atom is -0.468 e. The van der Waals surface area contributed by atoms with Crippen molar-refractivity contribution in [2.45, 2.75) is 6.92 Å². The zero-order chi connectivity index (χ0) is 15.9. The molecule has 1 aromatic carbocycles. The number of pyridine rings is 1. The molecule has 0 bridgehead atoms. The van der Waals surface area contributed by atoms with Gasteiger partial charge in [-0.1, -0.05) is 12.1 Å². The minimum absolute atomic E-state index is 0.305. The van der Waals surface area contributed by atoms with Crippen molar-refractivity contribution in [3.8, 4) is 11.1 Å². The number of esters is 1. The molecular formula is C17H16N2O3. The maximum atomic E-state index is 11.5. The molecule has 2 rings (SSSR count). The number of nitrogens with zero attached hydrogens (tertiary/aromatic N) is 2. The molecule has 5 nitrogen and oxygen atoms in total. The van der Waals surface area contributed by atoms with E-state index in [0.717, 1.165) is 11.1 Å². The number of rotatable bonds is 5. The van der Waals surface area contributed by atoms with Gasteiger partial charge in [0.25, 0.3) is 0 Å². The predicted molar refractivity (Wildman–Crippen MR) is 84.0 cm³/mol. The Morgan fingerprint density at radius 2 is 1.91 bits per heavy atom. The Morgan fingerprint density at radius 1 is 1.18 bits per heavy atom. The topological polar surface area (TPSA) is 68.6 Å². The van der Waals surface area contributed by atoms with Crippen molar-refractivity contribution in [3.63, 3.8) is 0 Å². The van der Waals surface area contributed by atoms with Crippen LogP contribution in [-0.2, 0) is 14.3 Å². The van der Waals surface area contributed by atoms with E-state index in [1.165, 1.54) is 20.2 Å². The van der Waals surface area contributed by atoms with E-state index in [2.05, 4.69) is 14.7 Å². The Bertz CT molecular complexity index is 696. The first-order valence-corrected chi connectivity index (χ1v) is 6.74. The summed E-state index contributed by atoms with van der Waals surface area (Å²) in [4.78, 5) is 31.2. The lowest BCUT2D eigenvalue weighted by Crippen LogP contribution is -2.24. The summed E-state index contributed by atoms with van der Waals surface area (Å²) in [6, 6.07) is 11.3. The fraction of sp³-hybridized carbons (Fsp3) is 0.176. The predicted octanol–water partition coefficient (Wildman–Crippen LogP) is 2.83. The summed E-state index contributed by atoms with van der Waals surface area (Å²) in [5.41, 5.74) is 2.65. The summed E-state index contributed by atoms with van der Waals surface area (Å²) in [5, 5.41) is 0. The first-order valence-electron chi connectivity index (χ1n) is 6.74. The molecule has 1 unspecified atom stereocenters. The van der Waals surface area contributed by atoms with Crippen molar-refractivity contribution < 1.29 is 14.3 Å². The number of hydrogen-bond acceptors (Lipinski definition) is 5. The van der Waals surface area contributed by atoms with Gasteiger partial charge in [0.2, 0.25) is 0 Å². The van der Waals surface area contributed by atoms with Gasteiger partial charge < -0.3 is 4.74 Å². The molecule has 0 N–H and O–H groups in total. The van der Waals surface area contributed by atoms with Gasteiger partial charge in [0.1, 0.15) is 5.78 Å². The lowest BCUT2D eigenvalue weighted by molar-refractivity contribution is -0.145. The molecule has 0 fully saturated rings. The molecular weight excluding hydrogens is 280 g/mol. The zero-order valence-electron chi connectivity index (χ0n) is 12.4. The van der Waals surface area contributed by atoms with E-state index in [0.29, 0.717) is 5.69 Å². The summed E-state index contributed by atoms with van der Waals surface area (Å²) in [5.74, 6) is -1.89. The molecule has 112 valence electrons. The molecule has 0 spiro atoms. The Labute approximate surface area is 128 Å². The summed E-state index contributed by atoms with van der Waals surface area (Å²) in [6.07, 6.45) is 4.75. The Kier molecular flexibility index (Phi) is 5.14. The summed E-state index contributed by atoms with van der Waals surface area (Å²) >= 11 is 0. The fourth-order valence-corrected chi connectivity index (χ4v) is 1.93. The van der Waals surface area contributed by atoms with E-state index in [4.69, 9.17) is 0 Å². The number of Topliss-reactive ketones (excluding diaryl/α,β-unsaturated/α-hetero) is 1. The van der Waals surface area contributed by atoms with Crippen molar-refractivity contribution in [1.29, 1.82) is 0 Å². The third kappa shape index (κ3) is 3.85. The Balaban J connectivity index is 2.25. The number of aromatic nitrogens is 1. The molecule has 22 heavy (non-hydrogen) atoms. The number of carbonyl (C=O) groups excluding carboxylic acids is 2. The lowest BCUT2D eigenvalue weighted by atomic mass is 10.1. The normalized spacial score (nSPS) is 12.1. The van der Waals surface area contributed by atoms with Crippen LogP contribution in [0.25, 0.3) is 11.1 Å². The molecule has 0 aliphatic heterocycles. The maximum Gasteiger partial charge on any atom is 0.321 e. The van der Waals surface area contributed by atoms with Crippen LogP contribution in [-0.4, -0.2) is 30.1 Å². The molecule has 0 aliphatic rings. The van der Waals surface area contributed by atoms with Gasteiger partial charge in [-0.25, -0.2) is 0 Å². The summed E-state index contributed by atoms with van der Waals surface area (Å²) < 4.78 is 4.60. The molecule has 5 heteroatoms. The maximum absolute atomic E-state index is 11.5. The van der Waals surface area contributed by atoms with Gasteiger partial charge in [0.15, 0.2) is 5.92 Å². The molecule has 0 radical (unpaired) electrons. The third-order valence-electron chi connectivity index (χ3n) is 3.13. The van der Waals surface area contributed by atoms with E-state index >= 15 is 0 Å². The SMILES string of the molecule is COC(=O)C(C=Nc1cccc(-c2ccncc2)c1)C(C)=O. The van der Waals surface area contributed by atoms with Crippen LogP contribution in [0.4, 0.5) is 5.69 Å². The van der Waals surface area contributed by atoms with Crippen LogP contribution in [0.3, 0.4) is 0 Å². The monoisotopic (exact) mass is 296 g/mol. The third-order valence-corrected chi connectivity index (χ3v) is 3.13. The van der Waals surface area contributed by atoms with Crippen LogP contribution in [0.1, 0.15) is 6.92 Å². The van der Waals surface area contributed by atoms with Crippen LogP contribution < -0.4 is 0 Å². The van der Waals surface area contributed by atoms with Crippen LogP contribution in [0.5, 0.6) is 0 Å². The summed E-state index contributed by atoms with van der Waals surface area (Å²) in [6.45, 7) is 1.33. The highest BCUT2D eigenvalue weighted by Crippen LogP contribution is 2.23. The standard InChI is InChI=1S/C17H16N2O3/c1-12(20)16(17(21)22-2)11-19-15-5-3-4-14(10-15)13-6-8-18-9-7-13/h3-11,16H,1-2H3. The molecule has 1 atom stereocenters. The summed E-state index contributed by atoms with van der Waals surface area (Å²) in [7, 11) is 1.25. The largest absolute Gasteiger partial charge is 0.468 e. The number of ether oxygens (including phenoxy) is 1. The van der Waals surface area contributed by atoms with Gasteiger partial charge in [-0.15, -0.1) is 0 Å². The number of aliphatic imine (C=N–C) groups is 1. The average Bonchev–Trinajstić information content (AvgIpc) is 2.55. The smallest absolute Gasteiger partial charge is 0.321 e. The number of benzene rings is 1. The number of hydrogen-bond donors (Lipinski definition) is 0. The molecule has 1 aromatic heterocycles. The number of carbonyl (C=O) groups is 2. The first-order chi connectivity index (χ1) is 10.6. The average molecular weight is 296 g/mol. The highest BCUT2D eigenvalue weighted by Gasteiger charge is 2.21. The van der Waals surface area contributed by atoms with Gasteiger partial charge in [-0.3, -0.25) is 19.6 Å². The van der Waals surface area contributed by atoms with Gasteiger partial charge in [-0.05, 0) is 42.3 Å². The van der Waals surface area contributed by atoms with Crippen LogP contribution in [0, 0.1) is 5.92 Å². The van der Waals surface area contributed by atoms with E-state index in [9.17, 15) is 9.59 Å². The number of ketones is 1. The van der Waals surface area contributed by atoms with Crippen LogP contribution in [0.15, 0.2) is 53.8 Å². The van der Waals surface area contributed by atoms with E-state index in [-0.39, 0.29) is 5.78 Å². The molecule has 1 heterocycles. The fourth-order valence-electron chi connectivity index (χ4n) is 1.93. The second kappa shape index (κ2) is 7.26. The second-order valence-corrected chi connectivity index (χ2v) is 4.68. The first kappa shape index (κ1) is 15.6. The highest BCUT2D eigenvalue weighted by atomic mass is 16.5. The van der Waals surface area contributed by atoms with Crippen LogP contribution in [0.2, 0.25) is 0 Å². The Hall–Kier alpha value is -2.82. The van der Waals surface area contributed by atoms with Gasteiger partial charge in [0.05, 0.1) is 12.8 Å². The highest BCUT2D eigenvalue weighted by molar-refractivity contribution is 6.11. The molecule has 0 amide bonds. The number of methoxy groups -OCH3 is 1. The van der Waals surface area contributed by atoms with Crippen molar-refractivity contribution in [2.24, 2.45) is 10.9 Å². The van der Waals surface area contributed by atoms with Gasteiger partial charge in [-0.2, -0.15) is 0 Å². The van der Waals surface area contributed by atoms with Crippen LogP contribution >= 0.6 is 0 Å². The van der Waals surface area contributed by atoms with E-state index < -0.39 is 11.9 Å². The van der Waals surface area contributed by atoms with E-state index in [1.54, 1.807) is 18.5 Å². The molecule has 0 aliphatic carbocycles. The van der Waals surface area contributed by atoms with Gasteiger partial charge in [0, 0.05) is 18.6 Å². The molecule has 2 aromatic rings. The minimum atomic E-state index is -0.977. The Morgan fingerprint density at radius 3 is 2.55 bits per heavy atom. The lowest BCUT2D eigenvalue weighted by Gasteiger charge is -2.06. The van der Waals surface area contributed by atoms with Crippen molar-refractivity contribution in [2.75, 3.05) is 7.11 Å². The van der Waals surface area contributed by atoms with Crippen molar-refractivity contribution in [1.82, 2.24) is 4.98 Å². The van der Waals surface area contributed by atoms with E-state index in [1.807, 2.05) is 30.3 Å². The van der Waals surface area contributed by atoms with Gasteiger partial charge >= 0.3 is 5.97 Å². The quantitative estimate of drug-likeness (QED) is 0.483.